The summed E-state index contributed by atoms with van der Waals surface area (Å²) < 4.78 is 0. The van der Waals surface area contributed by atoms with E-state index in [0.717, 1.165) is 17.8 Å². The second-order valence-electron chi connectivity index (χ2n) is 5.27. The van der Waals surface area contributed by atoms with Crippen LogP contribution in [0.15, 0.2) is 11.6 Å². The molecule has 3 rings (SSSR count). The average Bonchev–Trinajstić information content (AvgIpc) is 2.18. The molecule has 0 amide bonds. The Hall–Kier alpha value is -0.300. The lowest BCUT2D eigenvalue weighted by molar-refractivity contribution is 0.120. The Kier molecular flexibility index (Phi) is 2.96. The number of hydrogen-bond acceptors (Lipinski definition) is 1. The van der Waals surface area contributed by atoms with Gasteiger partial charge in [0.2, 0.25) is 0 Å². The molecule has 2 bridgehead atoms. The predicted molar refractivity (Wildman–Crippen MR) is 59.0 cm³/mol. The summed E-state index contributed by atoms with van der Waals surface area (Å²) in [5.41, 5.74) is 1.44. The van der Waals surface area contributed by atoms with Crippen molar-refractivity contribution >= 4 is 0 Å². The van der Waals surface area contributed by atoms with Crippen molar-refractivity contribution in [3.05, 3.63) is 11.6 Å². The Morgan fingerprint density at radius 3 is 2.36 bits per heavy atom. The minimum atomic E-state index is -0.268. The maximum atomic E-state index is 9.35. The zero-order valence-electron chi connectivity index (χ0n) is 9.37. The van der Waals surface area contributed by atoms with Crippen LogP contribution in [-0.4, -0.2) is 11.2 Å². The molecule has 0 aromatic carbocycles. The van der Waals surface area contributed by atoms with E-state index in [0.29, 0.717) is 0 Å². The van der Waals surface area contributed by atoms with Gasteiger partial charge in [-0.2, -0.15) is 0 Å². The fourth-order valence-corrected chi connectivity index (χ4v) is 3.44. The van der Waals surface area contributed by atoms with Crippen molar-refractivity contribution < 1.29 is 5.11 Å². The SMILES string of the molecule is C/C(=C/C(C)O)C1CC2CCC1CC2. The minimum absolute atomic E-state index is 0.268. The quantitative estimate of drug-likeness (QED) is 0.670. The second-order valence-corrected chi connectivity index (χ2v) is 5.27. The Balaban J connectivity index is 2.04. The normalized spacial score (nSPS) is 39.9. The number of hydrogen-bond donors (Lipinski definition) is 1. The molecule has 3 aliphatic rings. The van der Waals surface area contributed by atoms with Crippen LogP contribution in [0.25, 0.3) is 0 Å². The third-order valence-corrected chi connectivity index (χ3v) is 4.14. The first-order valence-electron chi connectivity index (χ1n) is 6.03. The first-order chi connectivity index (χ1) is 6.66. The average molecular weight is 194 g/mol. The van der Waals surface area contributed by atoms with Gasteiger partial charge >= 0.3 is 0 Å². The Morgan fingerprint density at radius 2 is 1.93 bits per heavy atom. The molecular formula is C13H22O. The summed E-state index contributed by atoms with van der Waals surface area (Å²) in [6.45, 7) is 4.06. The molecule has 80 valence electrons. The van der Waals surface area contributed by atoms with Crippen LogP contribution in [0.4, 0.5) is 0 Å². The molecule has 0 radical (unpaired) electrons. The minimum Gasteiger partial charge on any atom is -0.389 e. The van der Waals surface area contributed by atoms with Crippen LogP contribution in [-0.2, 0) is 0 Å². The van der Waals surface area contributed by atoms with Crippen molar-refractivity contribution in [2.24, 2.45) is 17.8 Å². The highest BCUT2D eigenvalue weighted by Gasteiger charge is 2.35. The number of aliphatic hydroxyl groups is 1. The molecule has 1 nitrogen and oxygen atoms in total. The summed E-state index contributed by atoms with van der Waals surface area (Å²) >= 11 is 0. The summed E-state index contributed by atoms with van der Waals surface area (Å²) in [7, 11) is 0. The van der Waals surface area contributed by atoms with Gasteiger partial charge in [-0.1, -0.05) is 24.5 Å². The third kappa shape index (κ3) is 2.03. The molecule has 3 saturated carbocycles. The van der Waals surface area contributed by atoms with Crippen molar-refractivity contribution in [2.45, 2.75) is 52.1 Å². The van der Waals surface area contributed by atoms with Crippen molar-refractivity contribution in [3.63, 3.8) is 0 Å². The molecule has 1 heteroatoms. The fraction of sp³-hybridized carbons (Fsp3) is 0.846. The topological polar surface area (TPSA) is 20.2 Å². The number of rotatable bonds is 2. The monoisotopic (exact) mass is 194 g/mol. The first-order valence-corrected chi connectivity index (χ1v) is 6.03. The Morgan fingerprint density at radius 1 is 1.29 bits per heavy atom. The van der Waals surface area contributed by atoms with Gasteiger partial charge in [0.1, 0.15) is 0 Å². The molecule has 3 aliphatic carbocycles. The second kappa shape index (κ2) is 4.06. The highest BCUT2D eigenvalue weighted by molar-refractivity contribution is 5.10. The van der Waals surface area contributed by atoms with Crippen molar-refractivity contribution in [2.75, 3.05) is 0 Å². The lowest BCUT2D eigenvalue weighted by atomic mass is 9.63. The Labute approximate surface area is 87.2 Å². The van der Waals surface area contributed by atoms with Gasteiger partial charge in [-0.3, -0.25) is 0 Å². The smallest absolute Gasteiger partial charge is 0.0695 e. The van der Waals surface area contributed by atoms with Crippen LogP contribution in [0, 0.1) is 17.8 Å². The van der Waals surface area contributed by atoms with E-state index in [1.807, 2.05) is 13.0 Å². The van der Waals surface area contributed by atoms with Gasteiger partial charge < -0.3 is 5.11 Å². The molecule has 0 aromatic rings. The van der Waals surface area contributed by atoms with Crippen LogP contribution in [0.5, 0.6) is 0 Å². The first kappa shape index (κ1) is 10.2. The summed E-state index contributed by atoms with van der Waals surface area (Å²) in [4.78, 5) is 0. The third-order valence-electron chi connectivity index (χ3n) is 4.14. The lowest BCUT2D eigenvalue weighted by Crippen LogP contribution is -2.32. The molecule has 0 saturated heterocycles. The van der Waals surface area contributed by atoms with Crippen LogP contribution < -0.4 is 0 Å². The molecule has 2 atom stereocenters. The summed E-state index contributed by atoms with van der Waals surface area (Å²) in [5.74, 6) is 2.70. The molecular weight excluding hydrogens is 172 g/mol. The van der Waals surface area contributed by atoms with E-state index in [2.05, 4.69) is 6.92 Å². The van der Waals surface area contributed by atoms with Gasteiger partial charge in [-0.15, -0.1) is 0 Å². The highest BCUT2D eigenvalue weighted by Crippen LogP contribution is 2.47. The predicted octanol–water partition coefficient (Wildman–Crippen LogP) is 3.14. The van der Waals surface area contributed by atoms with E-state index in [9.17, 15) is 5.11 Å². The molecule has 0 spiro atoms. The van der Waals surface area contributed by atoms with Gasteiger partial charge in [0.25, 0.3) is 0 Å². The number of fused-ring (bicyclic) bond motifs is 3. The summed E-state index contributed by atoms with van der Waals surface area (Å²) in [6, 6.07) is 0. The van der Waals surface area contributed by atoms with Crippen molar-refractivity contribution in [1.82, 2.24) is 0 Å². The van der Waals surface area contributed by atoms with E-state index in [1.54, 1.807) is 0 Å². The molecule has 3 fully saturated rings. The highest BCUT2D eigenvalue weighted by atomic mass is 16.3. The molecule has 1 N–H and O–H groups in total. The van der Waals surface area contributed by atoms with Crippen LogP contribution in [0.3, 0.4) is 0 Å². The van der Waals surface area contributed by atoms with E-state index in [4.69, 9.17) is 0 Å². The van der Waals surface area contributed by atoms with Crippen LogP contribution in [0.2, 0.25) is 0 Å². The van der Waals surface area contributed by atoms with Gasteiger partial charge in [-0.25, -0.2) is 0 Å². The largest absolute Gasteiger partial charge is 0.389 e. The standard InChI is InChI=1S/C13H22O/c1-9(7-10(2)14)13-8-11-3-5-12(13)6-4-11/h7,10-14H,3-6,8H2,1-2H3/b9-7-. The number of aliphatic hydroxyl groups excluding tert-OH is 1. The van der Waals surface area contributed by atoms with E-state index in [-0.39, 0.29) is 6.10 Å². The van der Waals surface area contributed by atoms with E-state index in [1.165, 1.54) is 37.7 Å². The van der Waals surface area contributed by atoms with E-state index < -0.39 is 0 Å². The molecule has 0 aliphatic heterocycles. The molecule has 14 heavy (non-hydrogen) atoms. The van der Waals surface area contributed by atoms with Crippen LogP contribution in [0.1, 0.15) is 46.0 Å². The van der Waals surface area contributed by atoms with Crippen molar-refractivity contribution in [1.29, 1.82) is 0 Å². The zero-order chi connectivity index (χ0) is 10.1. The molecule has 0 aromatic heterocycles. The lowest BCUT2D eigenvalue weighted by Gasteiger charge is -2.43. The van der Waals surface area contributed by atoms with Crippen molar-refractivity contribution in [3.8, 4) is 0 Å². The van der Waals surface area contributed by atoms with E-state index >= 15 is 0 Å². The zero-order valence-corrected chi connectivity index (χ0v) is 9.37. The molecule has 0 heterocycles. The van der Waals surface area contributed by atoms with Gasteiger partial charge in [0.05, 0.1) is 6.10 Å². The fourth-order valence-electron chi connectivity index (χ4n) is 3.44. The van der Waals surface area contributed by atoms with Gasteiger partial charge in [0, 0.05) is 0 Å². The summed E-state index contributed by atoms with van der Waals surface area (Å²) in [5, 5.41) is 9.35. The Bertz CT molecular complexity index is 221. The van der Waals surface area contributed by atoms with Gasteiger partial charge in [-0.05, 0) is 50.9 Å². The number of allylic oxidation sites excluding steroid dienone is 1. The van der Waals surface area contributed by atoms with Gasteiger partial charge in [0.15, 0.2) is 0 Å². The maximum Gasteiger partial charge on any atom is 0.0695 e. The summed E-state index contributed by atoms with van der Waals surface area (Å²) in [6.07, 6.45) is 8.95. The molecule has 2 unspecified atom stereocenters. The van der Waals surface area contributed by atoms with Crippen LogP contribution >= 0.6 is 0 Å². The maximum absolute atomic E-state index is 9.35.